The fourth-order valence-electron chi connectivity index (χ4n) is 3.07. The third-order valence-corrected chi connectivity index (χ3v) is 4.24. The van der Waals surface area contributed by atoms with E-state index in [9.17, 15) is 4.79 Å². The highest BCUT2D eigenvalue weighted by Gasteiger charge is 2.34. The predicted octanol–water partition coefficient (Wildman–Crippen LogP) is 2.20. The van der Waals surface area contributed by atoms with Crippen molar-refractivity contribution < 1.29 is 9.53 Å². The summed E-state index contributed by atoms with van der Waals surface area (Å²) in [6.07, 6.45) is 5.48. The molecule has 2 heterocycles. The summed E-state index contributed by atoms with van der Waals surface area (Å²) in [7, 11) is 2.02. The number of rotatable bonds is 5. The van der Waals surface area contributed by atoms with E-state index in [1.54, 1.807) is 0 Å². The van der Waals surface area contributed by atoms with Crippen LogP contribution in [0.15, 0.2) is 12.4 Å². The lowest BCUT2D eigenvalue weighted by molar-refractivity contribution is 0.0285. The molecule has 0 saturated carbocycles. The molecule has 0 aromatic carbocycles. The van der Waals surface area contributed by atoms with Gasteiger partial charge in [0.25, 0.3) is 0 Å². The van der Waals surface area contributed by atoms with Crippen LogP contribution in [-0.4, -0.2) is 51.8 Å². The Morgan fingerprint density at radius 1 is 1.52 bits per heavy atom. The minimum absolute atomic E-state index is 0.202. The van der Waals surface area contributed by atoms with Gasteiger partial charge in [-0.05, 0) is 39.7 Å². The summed E-state index contributed by atoms with van der Waals surface area (Å²) in [5, 5.41) is 3.57. The maximum Gasteiger partial charge on any atom is 0.410 e. The zero-order valence-corrected chi connectivity index (χ0v) is 15.0. The number of carbonyl (C=O) groups excluding carboxylic acids is 1. The molecule has 2 unspecified atom stereocenters. The predicted molar refractivity (Wildman–Crippen MR) is 90.3 cm³/mol. The Hall–Kier alpha value is -1.56. The summed E-state index contributed by atoms with van der Waals surface area (Å²) in [6.45, 7) is 10.3. The summed E-state index contributed by atoms with van der Waals surface area (Å²) >= 11 is 0. The molecule has 2 atom stereocenters. The first kappa shape index (κ1) is 17.8. The largest absolute Gasteiger partial charge is 0.444 e. The molecular weight excluding hydrogens is 292 g/mol. The zero-order valence-electron chi connectivity index (χ0n) is 15.0. The highest BCUT2D eigenvalue weighted by molar-refractivity contribution is 5.68. The van der Waals surface area contributed by atoms with E-state index in [0.29, 0.717) is 12.0 Å². The van der Waals surface area contributed by atoms with Gasteiger partial charge < -0.3 is 19.5 Å². The molecule has 1 aromatic rings. The Kier molecular flexibility index (Phi) is 5.68. The lowest BCUT2D eigenvalue weighted by Crippen LogP contribution is -2.41. The zero-order chi connectivity index (χ0) is 17.0. The molecule has 23 heavy (non-hydrogen) atoms. The Bertz CT molecular complexity index is 521. The number of nitrogens with zero attached hydrogens (tertiary/aromatic N) is 3. The van der Waals surface area contributed by atoms with Gasteiger partial charge in [-0.1, -0.05) is 6.92 Å². The summed E-state index contributed by atoms with van der Waals surface area (Å²) in [6, 6.07) is 0.327. The smallest absolute Gasteiger partial charge is 0.410 e. The number of hydrogen-bond donors (Lipinski definition) is 1. The van der Waals surface area contributed by atoms with Crippen molar-refractivity contribution in [3.8, 4) is 0 Å². The number of amides is 1. The van der Waals surface area contributed by atoms with Crippen LogP contribution in [-0.2, 0) is 18.2 Å². The summed E-state index contributed by atoms with van der Waals surface area (Å²) in [4.78, 5) is 18.5. The van der Waals surface area contributed by atoms with Gasteiger partial charge in [-0.2, -0.15) is 0 Å². The highest BCUT2D eigenvalue weighted by Crippen LogP contribution is 2.24. The molecule has 1 aliphatic rings. The quantitative estimate of drug-likeness (QED) is 0.903. The summed E-state index contributed by atoms with van der Waals surface area (Å²) in [5.74, 6) is 1.51. The fourth-order valence-corrected chi connectivity index (χ4v) is 3.07. The van der Waals surface area contributed by atoms with E-state index in [0.717, 1.165) is 38.3 Å². The van der Waals surface area contributed by atoms with Crippen molar-refractivity contribution in [2.75, 3.05) is 19.6 Å². The lowest BCUT2D eigenvalue weighted by Gasteiger charge is -2.26. The Balaban J connectivity index is 1.96. The third kappa shape index (κ3) is 4.96. The first-order valence-electron chi connectivity index (χ1n) is 8.47. The minimum atomic E-state index is -0.441. The van der Waals surface area contributed by atoms with Gasteiger partial charge >= 0.3 is 6.09 Å². The molecule has 1 aromatic heterocycles. The molecule has 0 radical (unpaired) electrons. The fraction of sp³-hybridized carbons (Fsp3) is 0.765. The molecule has 0 aliphatic carbocycles. The van der Waals surface area contributed by atoms with E-state index >= 15 is 0 Å². The van der Waals surface area contributed by atoms with Crippen LogP contribution in [0.3, 0.4) is 0 Å². The highest BCUT2D eigenvalue weighted by atomic mass is 16.6. The molecule has 130 valence electrons. The van der Waals surface area contributed by atoms with Crippen LogP contribution in [0.1, 0.15) is 39.9 Å². The van der Waals surface area contributed by atoms with E-state index in [-0.39, 0.29) is 6.09 Å². The van der Waals surface area contributed by atoms with Gasteiger partial charge in [0.15, 0.2) is 0 Å². The van der Waals surface area contributed by atoms with Gasteiger partial charge in [0.2, 0.25) is 0 Å². The Labute approximate surface area is 139 Å². The number of hydrogen-bond acceptors (Lipinski definition) is 4. The van der Waals surface area contributed by atoms with Crippen molar-refractivity contribution in [1.29, 1.82) is 0 Å². The minimum Gasteiger partial charge on any atom is -0.444 e. The van der Waals surface area contributed by atoms with Crippen molar-refractivity contribution in [3.05, 3.63) is 18.2 Å². The molecule has 1 N–H and O–H groups in total. The number of likely N-dealkylation sites (tertiary alicyclic amines) is 1. The van der Waals surface area contributed by atoms with E-state index in [4.69, 9.17) is 4.74 Å². The SMILES string of the molecule is CCNC(Cc1nccn1C)C1CCN(C(=O)OC(C)(C)C)C1. The van der Waals surface area contributed by atoms with Gasteiger partial charge in [0, 0.05) is 45.0 Å². The van der Waals surface area contributed by atoms with Gasteiger partial charge in [0.1, 0.15) is 11.4 Å². The summed E-state index contributed by atoms with van der Waals surface area (Å²) in [5.41, 5.74) is -0.441. The number of imidazole rings is 1. The molecule has 1 fully saturated rings. The second-order valence-corrected chi connectivity index (χ2v) is 7.30. The molecule has 1 amide bonds. The maximum absolute atomic E-state index is 12.2. The molecule has 1 saturated heterocycles. The maximum atomic E-state index is 12.2. The monoisotopic (exact) mass is 322 g/mol. The van der Waals surface area contributed by atoms with Crippen LogP contribution < -0.4 is 5.32 Å². The number of aryl methyl sites for hydroxylation is 1. The number of ether oxygens (including phenoxy) is 1. The Morgan fingerprint density at radius 3 is 2.83 bits per heavy atom. The number of nitrogens with one attached hydrogen (secondary N) is 1. The molecular formula is C17H30N4O2. The average Bonchev–Trinajstić information content (AvgIpc) is 3.06. The first-order valence-corrected chi connectivity index (χ1v) is 8.47. The van der Waals surface area contributed by atoms with Gasteiger partial charge in [-0.25, -0.2) is 9.78 Å². The van der Waals surface area contributed by atoms with Crippen molar-refractivity contribution >= 4 is 6.09 Å². The van der Waals surface area contributed by atoms with Crippen LogP contribution in [0, 0.1) is 5.92 Å². The average molecular weight is 322 g/mol. The number of likely N-dealkylation sites (N-methyl/N-ethyl adjacent to an activating group) is 1. The van der Waals surface area contributed by atoms with Crippen molar-refractivity contribution in [2.45, 2.75) is 52.2 Å². The number of carbonyl (C=O) groups is 1. The lowest BCUT2D eigenvalue weighted by atomic mass is 9.95. The van der Waals surface area contributed by atoms with Crippen molar-refractivity contribution in [2.24, 2.45) is 13.0 Å². The second-order valence-electron chi connectivity index (χ2n) is 7.30. The van der Waals surface area contributed by atoms with E-state index < -0.39 is 5.60 Å². The normalized spacial score (nSPS) is 19.9. The molecule has 2 rings (SSSR count). The number of aromatic nitrogens is 2. The third-order valence-electron chi connectivity index (χ3n) is 4.24. The van der Waals surface area contributed by atoms with Gasteiger partial charge in [-0.15, -0.1) is 0 Å². The first-order chi connectivity index (χ1) is 10.8. The van der Waals surface area contributed by atoms with Gasteiger partial charge in [-0.3, -0.25) is 0 Å². The van der Waals surface area contributed by atoms with E-state index in [1.165, 1.54) is 0 Å². The van der Waals surface area contributed by atoms with Crippen molar-refractivity contribution in [1.82, 2.24) is 19.8 Å². The molecule has 6 nitrogen and oxygen atoms in total. The molecule has 1 aliphatic heterocycles. The van der Waals surface area contributed by atoms with Crippen molar-refractivity contribution in [3.63, 3.8) is 0 Å². The topological polar surface area (TPSA) is 59.4 Å². The standard InChI is InChI=1S/C17H30N4O2/c1-6-18-14(11-15-19-8-10-20(15)5)13-7-9-21(12-13)16(22)23-17(2,3)4/h8,10,13-14,18H,6-7,9,11-12H2,1-5H3. The molecule has 6 heteroatoms. The molecule has 0 bridgehead atoms. The van der Waals surface area contributed by atoms with Crippen LogP contribution >= 0.6 is 0 Å². The Morgan fingerprint density at radius 2 is 2.26 bits per heavy atom. The second kappa shape index (κ2) is 7.34. The molecule has 0 spiro atoms. The van der Waals surface area contributed by atoms with Crippen LogP contribution in [0.5, 0.6) is 0 Å². The van der Waals surface area contributed by atoms with E-state index in [2.05, 4.69) is 21.8 Å². The summed E-state index contributed by atoms with van der Waals surface area (Å²) < 4.78 is 7.55. The van der Waals surface area contributed by atoms with Crippen LogP contribution in [0.4, 0.5) is 4.79 Å². The van der Waals surface area contributed by atoms with Crippen LogP contribution in [0.25, 0.3) is 0 Å². The van der Waals surface area contributed by atoms with Crippen LogP contribution in [0.2, 0.25) is 0 Å². The van der Waals surface area contributed by atoms with Gasteiger partial charge in [0.05, 0.1) is 0 Å². The van der Waals surface area contributed by atoms with E-state index in [1.807, 2.05) is 45.1 Å².